The molecule has 0 spiro atoms. The third-order valence-electron chi connectivity index (χ3n) is 1.96. The quantitative estimate of drug-likeness (QED) is 0.769. The van der Waals surface area contributed by atoms with Crippen LogP contribution in [-0.2, 0) is 0 Å². The molecule has 1 saturated heterocycles. The van der Waals surface area contributed by atoms with E-state index in [9.17, 15) is 0 Å². The minimum atomic E-state index is 0.988. The van der Waals surface area contributed by atoms with Gasteiger partial charge in [-0.1, -0.05) is 0 Å². The van der Waals surface area contributed by atoms with E-state index in [0.29, 0.717) is 0 Å². The Morgan fingerprint density at radius 1 is 1.38 bits per heavy atom. The summed E-state index contributed by atoms with van der Waals surface area (Å²) >= 11 is 5.46. The molecule has 1 aliphatic rings. The van der Waals surface area contributed by atoms with Crippen LogP contribution in [0.25, 0.3) is 0 Å². The van der Waals surface area contributed by atoms with Gasteiger partial charge >= 0.3 is 0 Å². The molecule has 1 aromatic rings. The Kier molecular flexibility index (Phi) is 3.05. The maximum absolute atomic E-state index is 4.26. The molecule has 5 heteroatoms. The lowest BCUT2D eigenvalue weighted by Crippen LogP contribution is -2.33. The summed E-state index contributed by atoms with van der Waals surface area (Å²) in [7, 11) is 0. The van der Waals surface area contributed by atoms with E-state index in [0.717, 1.165) is 23.4 Å². The van der Waals surface area contributed by atoms with Crippen molar-refractivity contribution in [3.63, 3.8) is 0 Å². The zero-order valence-electron chi connectivity index (χ0n) is 7.11. The van der Waals surface area contributed by atoms with Crippen LogP contribution in [0, 0.1) is 0 Å². The van der Waals surface area contributed by atoms with E-state index in [4.69, 9.17) is 0 Å². The van der Waals surface area contributed by atoms with Crippen LogP contribution in [0.4, 0.5) is 5.82 Å². The first-order valence-electron chi connectivity index (χ1n) is 4.16. The maximum Gasteiger partial charge on any atom is 0.146 e. The molecular formula is C8H10BrN3S. The van der Waals surface area contributed by atoms with Gasteiger partial charge < -0.3 is 4.90 Å². The summed E-state index contributed by atoms with van der Waals surface area (Å²) in [6, 6.07) is 0. The van der Waals surface area contributed by atoms with E-state index < -0.39 is 0 Å². The Labute approximate surface area is 90.1 Å². The zero-order valence-corrected chi connectivity index (χ0v) is 9.51. The molecule has 1 fully saturated rings. The molecule has 0 unspecified atom stereocenters. The molecule has 0 N–H and O–H groups in total. The van der Waals surface area contributed by atoms with Gasteiger partial charge in [0.1, 0.15) is 12.1 Å². The molecule has 2 rings (SSSR count). The zero-order chi connectivity index (χ0) is 9.10. The van der Waals surface area contributed by atoms with Crippen LogP contribution >= 0.6 is 27.7 Å². The predicted octanol–water partition coefficient (Wildman–Crippen LogP) is 1.79. The molecule has 0 amide bonds. The first-order chi connectivity index (χ1) is 6.38. The van der Waals surface area contributed by atoms with E-state index in [-0.39, 0.29) is 0 Å². The Morgan fingerprint density at radius 2 is 2.15 bits per heavy atom. The number of anilines is 1. The highest BCUT2D eigenvalue weighted by Gasteiger charge is 2.14. The van der Waals surface area contributed by atoms with Crippen LogP contribution in [-0.4, -0.2) is 34.6 Å². The van der Waals surface area contributed by atoms with Gasteiger partial charge in [0, 0.05) is 30.8 Å². The van der Waals surface area contributed by atoms with E-state index >= 15 is 0 Å². The summed E-state index contributed by atoms with van der Waals surface area (Å²) in [6.07, 6.45) is 3.39. The molecule has 3 nitrogen and oxygen atoms in total. The fraction of sp³-hybridized carbons (Fsp3) is 0.500. The minimum Gasteiger partial charge on any atom is -0.354 e. The third kappa shape index (κ3) is 2.14. The van der Waals surface area contributed by atoms with Gasteiger partial charge in [0.05, 0.1) is 4.47 Å². The second-order valence-electron chi connectivity index (χ2n) is 2.79. The van der Waals surface area contributed by atoms with Crippen LogP contribution in [0.2, 0.25) is 0 Å². The molecule has 0 saturated carbocycles. The van der Waals surface area contributed by atoms with Crippen molar-refractivity contribution in [2.45, 2.75) is 0 Å². The number of hydrogen-bond donors (Lipinski definition) is 0. The molecule has 0 atom stereocenters. The monoisotopic (exact) mass is 259 g/mol. The Bertz CT molecular complexity index is 288. The number of hydrogen-bond acceptors (Lipinski definition) is 4. The van der Waals surface area contributed by atoms with Gasteiger partial charge in [0.15, 0.2) is 0 Å². The van der Waals surface area contributed by atoms with Gasteiger partial charge in [0.25, 0.3) is 0 Å². The molecule has 1 aromatic heterocycles. The van der Waals surface area contributed by atoms with Gasteiger partial charge in [-0.15, -0.1) is 0 Å². The molecular weight excluding hydrogens is 250 g/mol. The van der Waals surface area contributed by atoms with Crippen molar-refractivity contribution in [2.24, 2.45) is 0 Å². The van der Waals surface area contributed by atoms with Crippen molar-refractivity contribution in [1.29, 1.82) is 0 Å². The van der Waals surface area contributed by atoms with Crippen molar-refractivity contribution in [3.05, 3.63) is 17.0 Å². The topological polar surface area (TPSA) is 29.0 Å². The van der Waals surface area contributed by atoms with Crippen LogP contribution in [0.3, 0.4) is 0 Å². The van der Waals surface area contributed by atoms with Crippen molar-refractivity contribution in [3.8, 4) is 0 Å². The summed E-state index contributed by atoms with van der Waals surface area (Å²) < 4.78 is 0.988. The van der Waals surface area contributed by atoms with Gasteiger partial charge in [-0.3, -0.25) is 0 Å². The van der Waals surface area contributed by atoms with Crippen molar-refractivity contribution >= 4 is 33.5 Å². The first kappa shape index (κ1) is 9.27. The molecule has 0 aliphatic carbocycles. The highest BCUT2D eigenvalue weighted by Crippen LogP contribution is 2.24. The van der Waals surface area contributed by atoms with Crippen LogP contribution in [0.15, 0.2) is 17.0 Å². The average molecular weight is 260 g/mol. The number of rotatable bonds is 1. The van der Waals surface area contributed by atoms with Crippen LogP contribution in [0.1, 0.15) is 0 Å². The maximum atomic E-state index is 4.26. The lowest BCUT2D eigenvalue weighted by Gasteiger charge is -2.27. The largest absolute Gasteiger partial charge is 0.354 e. The fourth-order valence-electron chi connectivity index (χ4n) is 1.31. The molecule has 0 aromatic carbocycles. The van der Waals surface area contributed by atoms with E-state index in [1.165, 1.54) is 11.5 Å². The van der Waals surface area contributed by atoms with Gasteiger partial charge in [-0.25, -0.2) is 9.97 Å². The summed E-state index contributed by atoms with van der Waals surface area (Å²) in [6.45, 7) is 2.17. The number of nitrogens with zero attached hydrogens (tertiary/aromatic N) is 3. The Hall–Kier alpha value is -0.290. The summed E-state index contributed by atoms with van der Waals surface area (Å²) in [4.78, 5) is 10.5. The molecule has 70 valence electrons. The molecule has 0 radical (unpaired) electrons. The van der Waals surface area contributed by atoms with Gasteiger partial charge in [-0.2, -0.15) is 11.8 Å². The second-order valence-corrected chi connectivity index (χ2v) is 4.87. The fourth-order valence-corrected chi connectivity index (χ4v) is 2.69. The molecule has 0 bridgehead atoms. The van der Waals surface area contributed by atoms with E-state index in [2.05, 4.69) is 30.8 Å². The average Bonchev–Trinajstić information content (AvgIpc) is 2.20. The molecule has 1 aliphatic heterocycles. The highest BCUT2D eigenvalue weighted by atomic mass is 79.9. The number of halogens is 1. The first-order valence-corrected chi connectivity index (χ1v) is 6.11. The molecule has 2 heterocycles. The van der Waals surface area contributed by atoms with Crippen molar-refractivity contribution in [2.75, 3.05) is 29.5 Å². The minimum absolute atomic E-state index is 0.988. The summed E-state index contributed by atoms with van der Waals surface area (Å²) in [5.41, 5.74) is 0. The van der Waals surface area contributed by atoms with Crippen LogP contribution < -0.4 is 4.90 Å². The van der Waals surface area contributed by atoms with E-state index in [1.807, 2.05) is 11.8 Å². The lowest BCUT2D eigenvalue weighted by molar-refractivity contribution is 0.831. The lowest BCUT2D eigenvalue weighted by atomic mass is 10.4. The van der Waals surface area contributed by atoms with Gasteiger partial charge in [0.2, 0.25) is 0 Å². The smallest absolute Gasteiger partial charge is 0.146 e. The second kappa shape index (κ2) is 4.28. The standard InChI is InChI=1S/C8H10BrN3S/c9-7-5-10-6-11-8(7)12-1-3-13-4-2-12/h5-6H,1-4H2. The predicted molar refractivity (Wildman–Crippen MR) is 59.3 cm³/mol. The van der Waals surface area contributed by atoms with Crippen LogP contribution in [0.5, 0.6) is 0 Å². The number of aromatic nitrogens is 2. The molecule has 13 heavy (non-hydrogen) atoms. The summed E-state index contributed by atoms with van der Waals surface area (Å²) in [5, 5.41) is 0. The van der Waals surface area contributed by atoms with Gasteiger partial charge in [-0.05, 0) is 15.9 Å². The number of thioether (sulfide) groups is 1. The van der Waals surface area contributed by atoms with E-state index in [1.54, 1.807) is 12.5 Å². The highest BCUT2D eigenvalue weighted by molar-refractivity contribution is 9.10. The Morgan fingerprint density at radius 3 is 2.85 bits per heavy atom. The van der Waals surface area contributed by atoms with Crippen molar-refractivity contribution in [1.82, 2.24) is 9.97 Å². The Balaban J connectivity index is 2.18. The summed E-state index contributed by atoms with van der Waals surface area (Å²) in [5.74, 6) is 3.41. The normalized spacial score (nSPS) is 17.5. The third-order valence-corrected chi connectivity index (χ3v) is 3.46. The van der Waals surface area contributed by atoms with Crippen molar-refractivity contribution < 1.29 is 0 Å². The SMILES string of the molecule is Brc1cncnc1N1CCSCC1.